The molecule has 0 aliphatic heterocycles. The SMILES string of the molecule is PCC1C2CC3CC(C2)CC1(C1=CC(=C2C=CC=C[CH-]2)C=C1C(P)(c1cccnc1)c1cccnc1)C3.[Fe+2].c1cc[cH-]c1. The van der Waals surface area contributed by atoms with Crippen molar-refractivity contribution in [2.24, 2.45) is 29.1 Å². The molecule has 43 heavy (non-hydrogen) atoms. The van der Waals surface area contributed by atoms with E-state index in [0.29, 0.717) is 0 Å². The summed E-state index contributed by atoms with van der Waals surface area (Å²) in [5, 5.41) is -0.417. The van der Waals surface area contributed by atoms with Crippen LogP contribution in [-0.4, -0.2) is 16.1 Å². The van der Waals surface area contributed by atoms with E-state index in [-0.39, 0.29) is 22.5 Å². The molecule has 4 saturated carbocycles. The van der Waals surface area contributed by atoms with Crippen molar-refractivity contribution >= 4 is 18.5 Å². The van der Waals surface area contributed by atoms with Crippen LogP contribution in [-0.2, 0) is 22.2 Å². The van der Waals surface area contributed by atoms with Crippen LogP contribution in [0.3, 0.4) is 0 Å². The summed E-state index contributed by atoms with van der Waals surface area (Å²) in [7, 11) is 6.44. The number of pyridine rings is 2. The Kier molecular flexibility index (Phi) is 9.19. The molecular weight excluding hydrogens is 602 g/mol. The second kappa shape index (κ2) is 12.9. The zero-order valence-electron chi connectivity index (χ0n) is 24.5. The minimum atomic E-state index is -0.417. The number of aromatic nitrogens is 2. The average molecular weight is 643 g/mol. The second-order valence-corrected chi connectivity index (χ2v) is 14.1. The maximum Gasteiger partial charge on any atom is 2.00 e. The molecule has 6 aliphatic rings. The van der Waals surface area contributed by atoms with Crippen molar-refractivity contribution in [2.75, 3.05) is 6.16 Å². The molecular formula is C38H40FeN2P2. The van der Waals surface area contributed by atoms with Crippen molar-refractivity contribution < 1.29 is 17.1 Å². The Morgan fingerprint density at radius 2 is 1.56 bits per heavy atom. The number of nitrogens with zero attached hydrogens (tertiary/aromatic N) is 2. The van der Waals surface area contributed by atoms with Crippen LogP contribution in [0.1, 0.15) is 43.2 Å². The molecule has 220 valence electrons. The Morgan fingerprint density at radius 3 is 2.07 bits per heavy atom. The monoisotopic (exact) mass is 642 g/mol. The van der Waals surface area contributed by atoms with Crippen LogP contribution in [0.4, 0.5) is 0 Å². The quantitative estimate of drug-likeness (QED) is 0.158. The molecule has 0 spiro atoms. The topological polar surface area (TPSA) is 25.8 Å². The fraction of sp³-hybridized carbons (Fsp3) is 0.316. The van der Waals surface area contributed by atoms with Gasteiger partial charge in [-0.25, -0.2) is 12.1 Å². The zero-order chi connectivity index (χ0) is 28.6. The van der Waals surface area contributed by atoms with Crippen LogP contribution in [0.15, 0.2) is 138 Å². The molecule has 2 heterocycles. The molecule has 1 aromatic carbocycles. The predicted octanol–water partition coefficient (Wildman–Crippen LogP) is 8.81. The van der Waals surface area contributed by atoms with Gasteiger partial charge in [-0.15, -0.1) is 54.8 Å². The zero-order valence-corrected chi connectivity index (χ0v) is 27.9. The van der Waals surface area contributed by atoms with Gasteiger partial charge < -0.3 is 0 Å². The molecule has 2 aromatic heterocycles. The van der Waals surface area contributed by atoms with Gasteiger partial charge in [-0.05, 0) is 102 Å². The van der Waals surface area contributed by atoms with Gasteiger partial charge >= 0.3 is 17.1 Å². The van der Waals surface area contributed by atoms with Gasteiger partial charge in [0, 0.05) is 24.8 Å². The molecule has 0 radical (unpaired) electrons. The fourth-order valence-electron chi connectivity index (χ4n) is 9.02. The van der Waals surface area contributed by atoms with Gasteiger partial charge in [-0.3, -0.25) is 9.97 Å². The van der Waals surface area contributed by atoms with Crippen LogP contribution in [0.5, 0.6) is 0 Å². The molecule has 0 amide bonds. The first-order valence-electron chi connectivity index (χ1n) is 15.5. The Bertz CT molecular complexity index is 1480. The van der Waals surface area contributed by atoms with E-state index in [4.69, 9.17) is 0 Å². The molecule has 9 rings (SSSR count). The van der Waals surface area contributed by atoms with Crippen molar-refractivity contribution in [1.82, 2.24) is 9.97 Å². The molecule has 6 aliphatic carbocycles. The molecule has 5 unspecified atom stereocenters. The van der Waals surface area contributed by atoms with E-state index in [2.05, 4.69) is 95.6 Å². The first-order chi connectivity index (χ1) is 20.6. The van der Waals surface area contributed by atoms with E-state index >= 15 is 0 Å². The van der Waals surface area contributed by atoms with Gasteiger partial charge in [0.25, 0.3) is 0 Å². The molecule has 0 N–H and O–H groups in total. The van der Waals surface area contributed by atoms with Crippen LogP contribution < -0.4 is 0 Å². The van der Waals surface area contributed by atoms with Crippen molar-refractivity contribution in [3.63, 3.8) is 0 Å². The van der Waals surface area contributed by atoms with Gasteiger partial charge in [0.1, 0.15) is 0 Å². The Hall–Kier alpha value is -2.40. The molecule has 3 aromatic rings. The van der Waals surface area contributed by atoms with Crippen LogP contribution >= 0.6 is 18.5 Å². The third-order valence-corrected chi connectivity index (χ3v) is 12.0. The number of rotatable bonds is 5. The van der Waals surface area contributed by atoms with Crippen molar-refractivity contribution in [3.8, 4) is 0 Å². The summed E-state index contributed by atoms with van der Waals surface area (Å²) in [6.45, 7) is 0. The van der Waals surface area contributed by atoms with Crippen LogP contribution in [0.25, 0.3) is 0 Å². The smallest absolute Gasteiger partial charge is 0.264 e. The van der Waals surface area contributed by atoms with E-state index < -0.39 is 5.16 Å². The van der Waals surface area contributed by atoms with E-state index in [0.717, 1.165) is 23.7 Å². The largest absolute Gasteiger partial charge is 2.00 e. The molecule has 4 bridgehead atoms. The number of hydrogen-bond acceptors (Lipinski definition) is 2. The Balaban J connectivity index is 0.000000500. The summed E-state index contributed by atoms with van der Waals surface area (Å²) in [4.78, 5) is 9.17. The summed E-state index contributed by atoms with van der Waals surface area (Å²) in [5.74, 6) is 3.35. The molecule has 2 nitrogen and oxygen atoms in total. The maximum atomic E-state index is 4.58. The van der Waals surface area contributed by atoms with Gasteiger partial charge in [0.15, 0.2) is 0 Å². The van der Waals surface area contributed by atoms with Crippen molar-refractivity contribution in [3.05, 3.63) is 156 Å². The van der Waals surface area contributed by atoms with E-state index in [9.17, 15) is 0 Å². The van der Waals surface area contributed by atoms with Gasteiger partial charge in [-0.2, -0.15) is 18.2 Å². The second-order valence-electron chi connectivity index (χ2n) is 12.8. The minimum absolute atomic E-state index is 0. The number of hydrogen-bond donors (Lipinski definition) is 0. The average Bonchev–Trinajstić information content (AvgIpc) is 3.77. The first-order valence-corrected chi connectivity index (χ1v) is 16.8. The molecule has 5 atom stereocenters. The molecule has 0 saturated heterocycles. The normalized spacial score (nSPS) is 30.1. The Morgan fingerprint density at radius 1 is 0.884 bits per heavy atom. The first kappa shape index (κ1) is 30.6. The van der Waals surface area contributed by atoms with E-state index in [1.54, 1.807) is 5.57 Å². The summed E-state index contributed by atoms with van der Waals surface area (Å²) in [6, 6.07) is 18.6. The predicted molar refractivity (Wildman–Crippen MR) is 181 cm³/mol. The maximum absolute atomic E-state index is 4.58. The van der Waals surface area contributed by atoms with Crippen molar-refractivity contribution in [2.45, 2.75) is 37.3 Å². The summed E-state index contributed by atoms with van der Waals surface area (Å²) in [6.07, 6.45) is 32.1. The van der Waals surface area contributed by atoms with Crippen LogP contribution in [0, 0.1) is 35.5 Å². The minimum Gasteiger partial charge on any atom is -0.264 e. The Labute approximate surface area is 272 Å². The van der Waals surface area contributed by atoms with Gasteiger partial charge in [0.2, 0.25) is 0 Å². The van der Waals surface area contributed by atoms with Crippen molar-refractivity contribution in [1.29, 1.82) is 0 Å². The third-order valence-electron chi connectivity index (χ3n) is 10.5. The summed E-state index contributed by atoms with van der Waals surface area (Å²) in [5.41, 5.74) is 8.28. The standard InChI is InChI=1S/C33H35N2P2.C5H5.Fe/c36-21-31-26-13-22-12-23(14-26)18-32(31,17-22)29-15-25(24-6-2-1-3-7-24)16-30(29)33(37,27-8-4-10-34-19-27)28-9-5-11-35-20-28;1-2-4-5-3-1;/h1-11,15-16,19-20,22-23,26,31H,12-14,17-18,21,36-37H2;1-5H;/q2*-1;+2. The number of allylic oxidation sites excluding steroid dienone is 10. The van der Waals surface area contributed by atoms with E-state index in [1.165, 1.54) is 66.1 Å². The third kappa shape index (κ3) is 5.53. The van der Waals surface area contributed by atoms with Gasteiger partial charge in [0.05, 0.1) is 5.16 Å². The summed E-state index contributed by atoms with van der Waals surface area (Å²) < 4.78 is 0. The summed E-state index contributed by atoms with van der Waals surface area (Å²) >= 11 is 0. The van der Waals surface area contributed by atoms with E-state index in [1.807, 2.05) is 55.1 Å². The fourth-order valence-corrected chi connectivity index (χ4v) is 10.4. The van der Waals surface area contributed by atoms with Crippen LogP contribution in [0.2, 0.25) is 0 Å². The van der Waals surface area contributed by atoms with Gasteiger partial charge in [-0.1, -0.05) is 29.9 Å². The molecule has 5 heteroatoms. The molecule has 4 fully saturated rings.